The number of H-pyrrole nitrogens is 1. The van der Waals surface area contributed by atoms with E-state index in [1.54, 1.807) is 0 Å². The van der Waals surface area contributed by atoms with Gasteiger partial charge in [0.15, 0.2) is 0 Å². The van der Waals surface area contributed by atoms with E-state index in [2.05, 4.69) is 36.3 Å². The van der Waals surface area contributed by atoms with Crippen LogP contribution in [0.3, 0.4) is 0 Å². The molecule has 0 aliphatic carbocycles. The van der Waals surface area contributed by atoms with Crippen molar-refractivity contribution in [2.75, 3.05) is 6.54 Å². The second-order valence-electron chi connectivity index (χ2n) is 10.4. The Kier molecular flexibility index (Phi) is 7.59. The molecule has 1 aromatic heterocycles. The number of carbonyl (C=O) groups is 2. The largest absolute Gasteiger partial charge is 0.361 e. The van der Waals surface area contributed by atoms with Crippen molar-refractivity contribution in [1.82, 2.24) is 15.2 Å². The van der Waals surface area contributed by atoms with Gasteiger partial charge in [-0.15, -0.1) is 0 Å². The Hall–Kier alpha value is -3.93. The van der Waals surface area contributed by atoms with Crippen LogP contribution in [0.5, 0.6) is 0 Å². The summed E-state index contributed by atoms with van der Waals surface area (Å²) in [7, 11) is 0. The van der Waals surface area contributed by atoms with Crippen molar-refractivity contribution in [3.63, 3.8) is 0 Å². The van der Waals surface area contributed by atoms with Crippen LogP contribution in [0.1, 0.15) is 60.9 Å². The number of amides is 2. The molecule has 1 saturated heterocycles. The first-order chi connectivity index (χ1) is 18.4. The molecule has 0 radical (unpaired) electrons. The minimum absolute atomic E-state index is 0.0124. The predicted octanol–water partition coefficient (Wildman–Crippen LogP) is 6.07. The quantitative estimate of drug-likeness (QED) is 0.302. The molecule has 1 fully saturated rings. The average Bonchev–Trinajstić information content (AvgIpc) is 3.54. The summed E-state index contributed by atoms with van der Waals surface area (Å²) in [5.74, 6) is -0.127. The summed E-state index contributed by atoms with van der Waals surface area (Å²) in [6, 6.07) is 24.7. The topological polar surface area (TPSA) is 65.2 Å². The number of alkyl halides is 1. The van der Waals surface area contributed by atoms with E-state index in [1.165, 1.54) is 10.5 Å². The van der Waals surface area contributed by atoms with Crippen molar-refractivity contribution < 1.29 is 14.0 Å². The number of fused-ring (bicyclic) bond motifs is 1. The number of rotatable bonds is 8. The second-order valence-corrected chi connectivity index (χ2v) is 10.4. The van der Waals surface area contributed by atoms with E-state index in [0.29, 0.717) is 12.3 Å². The van der Waals surface area contributed by atoms with Gasteiger partial charge < -0.3 is 15.2 Å². The molecule has 0 saturated carbocycles. The SMILES string of the molecule is CC(C)c1ccc(C(NC(=O)C2CC(F)CN2C(=O)CCc2c[nH]c3ccccc23)c2ccccc2)cc1. The van der Waals surface area contributed by atoms with E-state index in [9.17, 15) is 14.0 Å². The molecule has 196 valence electrons. The van der Waals surface area contributed by atoms with Gasteiger partial charge >= 0.3 is 0 Å². The van der Waals surface area contributed by atoms with Crippen molar-refractivity contribution in [2.45, 2.75) is 57.3 Å². The van der Waals surface area contributed by atoms with Crippen LogP contribution < -0.4 is 5.32 Å². The fourth-order valence-corrected chi connectivity index (χ4v) is 5.35. The molecule has 0 spiro atoms. The molecule has 5 rings (SSSR count). The molecule has 2 N–H and O–H groups in total. The van der Waals surface area contributed by atoms with Crippen molar-refractivity contribution >= 4 is 22.7 Å². The fraction of sp³-hybridized carbons (Fsp3) is 0.312. The smallest absolute Gasteiger partial charge is 0.243 e. The van der Waals surface area contributed by atoms with Crippen LogP contribution in [-0.2, 0) is 16.0 Å². The lowest BCUT2D eigenvalue weighted by molar-refractivity contribution is -0.138. The lowest BCUT2D eigenvalue weighted by atomic mass is 9.95. The highest BCUT2D eigenvalue weighted by molar-refractivity contribution is 5.89. The Morgan fingerprint density at radius 2 is 1.61 bits per heavy atom. The molecule has 1 aliphatic heterocycles. The van der Waals surface area contributed by atoms with Crippen LogP contribution in [-0.4, -0.2) is 40.5 Å². The molecule has 3 atom stereocenters. The first-order valence-electron chi connectivity index (χ1n) is 13.3. The molecule has 6 heteroatoms. The maximum atomic E-state index is 14.6. The molecule has 2 heterocycles. The van der Waals surface area contributed by atoms with Gasteiger partial charge in [0, 0.05) is 29.9 Å². The third-order valence-corrected chi connectivity index (χ3v) is 7.51. The van der Waals surface area contributed by atoms with E-state index < -0.39 is 18.3 Å². The Labute approximate surface area is 223 Å². The highest BCUT2D eigenvalue weighted by Gasteiger charge is 2.40. The van der Waals surface area contributed by atoms with Crippen LogP contribution in [0.2, 0.25) is 0 Å². The third kappa shape index (κ3) is 5.49. The molecule has 0 bridgehead atoms. The minimum atomic E-state index is -1.22. The highest BCUT2D eigenvalue weighted by atomic mass is 19.1. The fourth-order valence-electron chi connectivity index (χ4n) is 5.35. The number of aryl methyl sites for hydroxylation is 1. The number of hydrogen-bond donors (Lipinski definition) is 2. The third-order valence-electron chi connectivity index (χ3n) is 7.51. The standard InChI is InChI=1S/C32H34FN3O2/c1-21(2)22-12-14-24(15-13-22)31(23-8-4-3-5-9-23)35-32(38)29-18-26(33)20-36(29)30(37)17-16-25-19-34-28-11-7-6-10-27(25)28/h3-15,19,21,26,29,31,34H,16-18,20H2,1-2H3,(H,35,38). The summed E-state index contributed by atoms with van der Waals surface area (Å²) < 4.78 is 14.6. The average molecular weight is 512 g/mol. The number of nitrogens with zero attached hydrogens (tertiary/aromatic N) is 1. The molecule has 3 aromatic carbocycles. The summed E-state index contributed by atoms with van der Waals surface area (Å²) in [6.07, 6.45) is 1.46. The lowest BCUT2D eigenvalue weighted by Gasteiger charge is -2.27. The first-order valence-corrected chi connectivity index (χ1v) is 13.3. The maximum absolute atomic E-state index is 14.6. The maximum Gasteiger partial charge on any atom is 0.243 e. The number of benzene rings is 3. The minimum Gasteiger partial charge on any atom is -0.361 e. The van der Waals surface area contributed by atoms with Gasteiger partial charge in [0.2, 0.25) is 11.8 Å². The van der Waals surface area contributed by atoms with Crippen molar-refractivity contribution in [2.24, 2.45) is 0 Å². The normalized spacial score (nSPS) is 18.2. The van der Waals surface area contributed by atoms with Gasteiger partial charge in [0.25, 0.3) is 0 Å². The van der Waals surface area contributed by atoms with Crippen LogP contribution in [0.15, 0.2) is 85.1 Å². The molecule has 2 amide bonds. The van der Waals surface area contributed by atoms with Crippen LogP contribution in [0.4, 0.5) is 4.39 Å². The van der Waals surface area contributed by atoms with Gasteiger partial charge in [0.1, 0.15) is 12.2 Å². The summed E-state index contributed by atoms with van der Waals surface area (Å²) in [5.41, 5.74) is 5.16. The van der Waals surface area contributed by atoms with E-state index >= 15 is 0 Å². The van der Waals surface area contributed by atoms with Crippen LogP contribution >= 0.6 is 0 Å². The number of nitrogens with one attached hydrogen (secondary N) is 2. The number of carbonyl (C=O) groups excluding carboxylic acids is 2. The number of aromatic nitrogens is 1. The number of aromatic amines is 1. The zero-order valence-corrected chi connectivity index (χ0v) is 21.9. The van der Waals surface area contributed by atoms with Gasteiger partial charge in [-0.2, -0.15) is 0 Å². The lowest BCUT2D eigenvalue weighted by Crippen LogP contribution is -2.47. The van der Waals surface area contributed by atoms with Gasteiger partial charge in [-0.1, -0.05) is 86.6 Å². The molecule has 3 unspecified atom stereocenters. The van der Waals surface area contributed by atoms with Crippen LogP contribution in [0.25, 0.3) is 10.9 Å². The monoisotopic (exact) mass is 511 g/mol. The van der Waals surface area contributed by atoms with E-state index in [0.717, 1.165) is 27.6 Å². The summed E-state index contributed by atoms with van der Waals surface area (Å²) in [6.45, 7) is 4.23. The van der Waals surface area contributed by atoms with Crippen molar-refractivity contribution in [3.05, 3.63) is 107 Å². The number of hydrogen-bond acceptors (Lipinski definition) is 2. The second kappa shape index (κ2) is 11.2. The molecular formula is C32H34FN3O2. The van der Waals surface area contributed by atoms with E-state index in [1.807, 2.05) is 72.9 Å². The molecule has 38 heavy (non-hydrogen) atoms. The molecular weight excluding hydrogens is 477 g/mol. The summed E-state index contributed by atoms with van der Waals surface area (Å²) in [5, 5.41) is 4.21. The molecule has 1 aliphatic rings. The van der Waals surface area contributed by atoms with Gasteiger partial charge in [-0.05, 0) is 40.7 Å². The first kappa shape index (κ1) is 25.7. The Bertz CT molecular complexity index is 1400. The summed E-state index contributed by atoms with van der Waals surface area (Å²) >= 11 is 0. The zero-order valence-electron chi connectivity index (χ0n) is 21.9. The van der Waals surface area contributed by atoms with E-state index in [4.69, 9.17) is 0 Å². The number of halogens is 1. The molecule has 5 nitrogen and oxygen atoms in total. The predicted molar refractivity (Wildman–Crippen MR) is 149 cm³/mol. The van der Waals surface area contributed by atoms with Crippen molar-refractivity contribution in [1.29, 1.82) is 0 Å². The Morgan fingerprint density at radius 3 is 2.34 bits per heavy atom. The number of para-hydroxylation sites is 1. The van der Waals surface area contributed by atoms with Gasteiger partial charge in [-0.25, -0.2) is 4.39 Å². The van der Waals surface area contributed by atoms with Crippen molar-refractivity contribution in [3.8, 4) is 0 Å². The zero-order chi connectivity index (χ0) is 26.6. The van der Waals surface area contributed by atoms with Crippen LogP contribution in [0, 0.1) is 0 Å². The molecule has 4 aromatic rings. The highest BCUT2D eigenvalue weighted by Crippen LogP contribution is 2.28. The Balaban J connectivity index is 1.32. The van der Waals surface area contributed by atoms with Gasteiger partial charge in [0.05, 0.1) is 12.6 Å². The van der Waals surface area contributed by atoms with Gasteiger partial charge in [-0.3, -0.25) is 9.59 Å². The summed E-state index contributed by atoms with van der Waals surface area (Å²) in [4.78, 5) is 31.5. The van der Waals surface area contributed by atoms with E-state index in [-0.39, 0.29) is 31.2 Å². The Morgan fingerprint density at radius 1 is 0.947 bits per heavy atom. The number of likely N-dealkylation sites (tertiary alicyclic amines) is 1.